The van der Waals surface area contributed by atoms with Crippen LogP contribution in [-0.4, -0.2) is 34.9 Å². The molecule has 4 nitrogen and oxygen atoms in total. The van der Waals surface area contributed by atoms with Gasteiger partial charge in [-0.25, -0.2) is 0 Å². The third kappa shape index (κ3) is 45.5. The number of carbonyl (C=O) groups is 1. The Balaban J connectivity index is 3.52. The summed E-state index contributed by atoms with van der Waals surface area (Å²) in [6.07, 6.45) is 65.7. The molecule has 2 unspecified atom stereocenters. The number of rotatable bonds is 47. The van der Waals surface area contributed by atoms with Crippen LogP contribution in [0.25, 0.3) is 0 Å². The quantitative estimate of drug-likeness (QED) is 0.0424. The smallest absolute Gasteiger partial charge is 0.220 e. The number of nitrogens with one attached hydrogen (secondary N) is 1. The molecule has 0 bridgehead atoms. The van der Waals surface area contributed by atoms with Crippen LogP contribution in [0.5, 0.6) is 0 Å². The monoisotopic (exact) mass is 800 g/mol. The Morgan fingerprint density at radius 1 is 0.404 bits per heavy atom. The standard InChI is InChI=1S/C53H101NO3/c1-3-5-7-9-11-13-15-17-19-21-23-24-25-26-27-28-29-30-31-33-35-37-39-41-43-45-47-49-53(57)54-51(50-55)52(56)48-46-44-42-40-38-36-34-32-22-20-18-16-14-12-10-8-6-4-2/h26-27,38,40,46,48,51-52,55-56H,3-25,28-37,39,41-45,47,49-50H2,1-2H3,(H,54,57)/b27-26-,40-38+,48-46+. The van der Waals surface area contributed by atoms with E-state index in [4.69, 9.17) is 0 Å². The molecule has 0 saturated heterocycles. The number of amides is 1. The van der Waals surface area contributed by atoms with Gasteiger partial charge in [-0.05, 0) is 57.8 Å². The first kappa shape index (κ1) is 55.6. The summed E-state index contributed by atoms with van der Waals surface area (Å²) in [6.45, 7) is 4.32. The molecule has 57 heavy (non-hydrogen) atoms. The molecule has 336 valence electrons. The van der Waals surface area contributed by atoms with Gasteiger partial charge in [0.1, 0.15) is 0 Å². The van der Waals surface area contributed by atoms with Gasteiger partial charge < -0.3 is 15.5 Å². The number of allylic oxidation sites excluding steroid dienone is 5. The summed E-state index contributed by atoms with van der Waals surface area (Å²) in [5.74, 6) is -0.0719. The number of carbonyl (C=O) groups excluding carboxylic acids is 1. The van der Waals surface area contributed by atoms with Gasteiger partial charge in [0, 0.05) is 6.42 Å². The Morgan fingerprint density at radius 3 is 1.02 bits per heavy atom. The van der Waals surface area contributed by atoms with Crippen molar-refractivity contribution in [3.8, 4) is 0 Å². The van der Waals surface area contributed by atoms with Crippen LogP contribution >= 0.6 is 0 Å². The van der Waals surface area contributed by atoms with E-state index in [1.165, 1.54) is 225 Å². The van der Waals surface area contributed by atoms with Crippen molar-refractivity contribution in [3.63, 3.8) is 0 Å². The average molecular weight is 800 g/mol. The summed E-state index contributed by atoms with van der Waals surface area (Å²) in [4.78, 5) is 12.4. The lowest BCUT2D eigenvalue weighted by atomic mass is 10.0. The summed E-state index contributed by atoms with van der Waals surface area (Å²) in [6, 6.07) is -0.638. The van der Waals surface area contributed by atoms with Crippen LogP contribution in [0.15, 0.2) is 36.5 Å². The topological polar surface area (TPSA) is 69.6 Å². The predicted octanol–water partition coefficient (Wildman–Crippen LogP) is 16.5. The third-order valence-corrected chi connectivity index (χ3v) is 11.8. The number of hydrogen-bond donors (Lipinski definition) is 3. The average Bonchev–Trinajstić information content (AvgIpc) is 3.22. The number of aliphatic hydroxyl groups excluding tert-OH is 2. The van der Waals surface area contributed by atoms with Gasteiger partial charge in [0.05, 0.1) is 18.8 Å². The molecule has 0 aliphatic rings. The largest absolute Gasteiger partial charge is 0.394 e. The fraction of sp³-hybridized carbons (Fsp3) is 0.868. The highest BCUT2D eigenvalue weighted by molar-refractivity contribution is 5.76. The lowest BCUT2D eigenvalue weighted by molar-refractivity contribution is -0.123. The van der Waals surface area contributed by atoms with Gasteiger partial charge in [-0.1, -0.05) is 249 Å². The van der Waals surface area contributed by atoms with Gasteiger partial charge in [0.15, 0.2) is 0 Å². The SMILES string of the molecule is CCCCCCCCCCCCCC/C=C\CCCCCCCCCCCCCC(=O)NC(CO)C(O)/C=C/CC/C=C/CCCCCCCCCCCCCC. The second-order valence-electron chi connectivity index (χ2n) is 17.6. The molecule has 0 aliphatic carbocycles. The van der Waals surface area contributed by atoms with Crippen molar-refractivity contribution in [2.45, 2.75) is 289 Å². The van der Waals surface area contributed by atoms with Crippen molar-refractivity contribution in [1.82, 2.24) is 5.32 Å². The summed E-state index contributed by atoms with van der Waals surface area (Å²) in [5, 5.41) is 23.1. The summed E-state index contributed by atoms with van der Waals surface area (Å²) in [7, 11) is 0. The number of unbranched alkanes of at least 4 members (excludes halogenated alkanes) is 36. The number of aliphatic hydroxyl groups is 2. The Kier molecular flexibility index (Phi) is 47.8. The van der Waals surface area contributed by atoms with E-state index in [-0.39, 0.29) is 12.5 Å². The molecule has 0 aromatic carbocycles. The van der Waals surface area contributed by atoms with E-state index >= 15 is 0 Å². The maximum atomic E-state index is 12.4. The lowest BCUT2D eigenvalue weighted by Crippen LogP contribution is -2.45. The zero-order valence-electron chi connectivity index (χ0n) is 38.6. The van der Waals surface area contributed by atoms with Crippen molar-refractivity contribution in [3.05, 3.63) is 36.5 Å². The highest BCUT2D eigenvalue weighted by Crippen LogP contribution is 2.16. The molecule has 4 heteroatoms. The summed E-state index contributed by atoms with van der Waals surface area (Å²) >= 11 is 0. The molecule has 0 aromatic heterocycles. The fourth-order valence-electron chi connectivity index (χ4n) is 7.90. The van der Waals surface area contributed by atoms with Crippen LogP contribution in [0.2, 0.25) is 0 Å². The van der Waals surface area contributed by atoms with Crippen LogP contribution in [0.1, 0.15) is 277 Å². The van der Waals surface area contributed by atoms with Crippen molar-refractivity contribution in [2.75, 3.05) is 6.61 Å². The molecule has 3 N–H and O–H groups in total. The first-order valence-electron chi connectivity index (χ1n) is 25.7. The highest BCUT2D eigenvalue weighted by atomic mass is 16.3. The van der Waals surface area contributed by atoms with E-state index in [0.29, 0.717) is 6.42 Å². The van der Waals surface area contributed by atoms with Crippen LogP contribution < -0.4 is 5.32 Å². The van der Waals surface area contributed by atoms with E-state index in [2.05, 4.69) is 43.5 Å². The van der Waals surface area contributed by atoms with Crippen molar-refractivity contribution < 1.29 is 15.0 Å². The molecule has 0 radical (unpaired) electrons. The van der Waals surface area contributed by atoms with Gasteiger partial charge in [0.25, 0.3) is 0 Å². The van der Waals surface area contributed by atoms with Gasteiger partial charge in [-0.3, -0.25) is 4.79 Å². The Labute approximate surface area is 357 Å². The molecule has 2 atom stereocenters. The first-order chi connectivity index (χ1) is 28.2. The minimum Gasteiger partial charge on any atom is -0.394 e. The van der Waals surface area contributed by atoms with Gasteiger partial charge in [-0.15, -0.1) is 0 Å². The zero-order valence-corrected chi connectivity index (χ0v) is 38.6. The Morgan fingerprint density at radius 2 is 0.684 bits per heavy atom. The predicted molar refractivity (Wildman–Crippen MR) is 253 cm³/mol. The fourth-order valence-corrected chi connectivity index (χ4v) is 7.90. The summed E-state index contributed by atoms with van der Waals surface area (Å²) in [5.41, 5.74) is 0. The molecule has 0 fully saturated rings. The molecular weight excluding hydrogens is 699 g/mol. The lowest BCUT2D eigenvalue weighted by Gasteiger charge is -2.19. The van der Waals surface area contributed by atoms with Crippen LogP contribution in [0.4, 0.5) is 0 Å². The molecule has 0 heterocycles. The van der Waals surface area contributed by atoms with Gasteiger partial charge in [0.2, 0.25) is 5.91 Å². The van der Waals surface area contributed by atoms with E-state index in [0.717, 1.165) is 32.1 Å². The van der Waals surface area contributed by atoms with Gasteiger partial charge in [-0.2, -0.15) is 0 Å². The Bertz CT molecular complexity index is 866. The first-order valence-corrected chi connectivity index (χ1v) is 25.7. The summed E-state index contributed by atoms with van der Waals surface area (Å²) < 4.78 is 0. The van der Waals surface area contributed by atoms with E-state index in [1.807, 2.05) is 6.08 Å². The second kappa shape index (κ2) is 49.0. The highest BCUT2D eigenvalue weighted by Gasteiger charge is 2.17. The van der Waals surface area contributed by atoms with Gasteiger partial charge >= 0.3 is 0 Å². The molecule has 0 aliphatic heterocycles. The van der Waals surface area contributed by atoms with E-state index in [9.17, 15) is 15.0 Å². The maximum absolute atomic E-state index is 12.4. The van der Waals surface area contributed by atoms with Crippen molar-refractivity contribution in [1.29, 1.82) is 0 Å². The second-order valence-corrected chi connectivity index (χ2v) is 17.6. The van der Waals surface area contributed by atoms with Crippen LogP contribution in [0.3, 0.4) is 0 Å². The van der Waals surface area contributed by atoms with Crippen molar-refractivity contribution in [2.24, 2.45) is 0 Å². The normalized spacial score (nSPS) is 13.1. The zero-order chi connectivity index (χ0) is 41.4. The van der Waals surface area contributed by atoms with Crippen LogP contribution in [0, 0.1) is 0 Å². The molecule has 0 saturated carbocycles. The third-order valence-electron chi connectivity index (χ3n) is 11.8. The van der Waals surface area contributed by atoms with E-state index < -0.39 is 12.1 Å². The minimum absolute atomic E-state index is 0.0719. The molecule has 0 rings (SSSR count). The number of hydrogen-bond acceptors (Lipinski definition) is 3. The molecule has 1 amide bonds. The Hall–Kier alpha value is -1.39. The van der Waals surface area contributed by atoms with Crippen molar-refractivity contribution >= 4 is 5.91 Å². The molecule has 0 aromatic rings. The van der Waals surface area contributed by atoms with Crippen LogP contribution in [-0.2, 0) is 4.79 Å². The molecule has 0 spiro atoms. The molecular formula is C53H101NO3. The van der Waals surface area contributed by atoms with E-state index in [1.54, 1.807) is 6.08 Å². The minimum atomic E-state index is -0.861. The maximum Gasteiger partial charge on any atom is 0.220 e.